The number of hydrogen-bond donors (Lipinski definition) is 2. The van der Waals surface area contributed by atoms with Gasteiger partial charge >= 0.3 is 12.3 Å². The van der Waals surface area contributed by atoms with Crippen LogP contribution in [0.1, 0.15) is 32.4 Å². The molecule has 4 nitrogen and oxygen atoms in total. The molecule has 0 aromatic heterocycles. The largest absolute Gasteiger partial charge is 0.444 e. The Bertz CT molecular complexity index is 523. The molecule has 0 aliphatic rings. The van der Waals surface area contributed by atoms with Crippen molar-refractivity contribution in [3.63, 3.8) is 0 Å². The molecule has 0 aliphatic heterocycles. The normalized spacial score (nSPS) is 13.7. The van der Waals surface area contributed by atoms with Gasteiger partial charge in [-0.3, -0.25) is 5.32 Å². The lowest BCUT2D eigenvalue weighted by atomic mass is 10.1. The summed E-state index contributed by atoms with van der Waals surface area (Å²) in [7, 11) is 0. The number of ether oxygens (including phenoxy) is 1. The Morgan fingerprint density at radius 3 is 2.29 bits per heavy atom. The second-order valence-corrected chi connectivity index (χ2v) is 5.31. The molecular weight excluding hydrogens is 294 g/mol. The second kappa shape index (κ2) is 5.88. The third-order valence-electron chi connectivity index (χ3n) is 2.25. The summed E-state index contributed by atoms with van der Waals surface area (Å²) in [5.41, 5.74) is -1.77. The Balaban J connectivity index is 2.86. The first kappa shape index (κ1) is 17.2. The standard InChI is InChI=1S/C13H15F4NO3/c1-12(2,3)21-11(20)18-7-4-5-8(9(14)6-7)10(19)13(15,16)17/h4-6,10,19H,1-3H3,(H,18,20)/t10-/m0/s1. The van der Waals surface area contributed by atoms with Crippen LogP contribution in [0, 0.1) is 5.82 Å². The SMILES string of the molecule is CC(C)(C)OC(=O)Nc1ccc([C@H](O)C(F)(F)F)c(F)c1. The average molecular weight is 309 g/mol. The fourth-order valence-corrected chi connectivity index (χ4v) is 1.42. The van der Waals surface area contributed by atoms with E-state index in [0.717, 1.165) is 12.1 Å². The molecule has 8 heteroatoms. The molecule has 2 N–H and O–H groups in total. The smallest absolute Gasteiger partial charge is 0.418 e. The van der Waals surface area contributed by atoms with Crippen molar-refractivity contribution in [3.8, 4) is 0 Å². The molecule has 1 amide bonds. The number of halogens is 4. The number of alkyl halides is 3. The van der Waals surface area contributed by atoms with E-state index in [1.807, 2.05) is 0 Å². The van der Waals surface area contributed by atoms with Gasteiger partial charge in [0.25, 0.3) is 0 Å². The highest BCUT2D eigenvalue weighted by Gasteiger charge is 2.40. The van der Waals surface area contributed by atoms with E-state index in [1.54, 1.807) is 20.8 Å². The number of anilines is 1. The minimum absolute atomic E-state index is 0.0834. The Kier molecular flexibility index (Phi) is 4.83. The topological polar surface area (TPSA) is 58.6 Å². The van der Waals surface area contributed by atoms with Gasteiger partial charge in [0.15, 0.2) is 6.10 Å². The number of carbonyl (C=O) groups excluding carboxylic acids is 1. The number of aliphatic hydroxyl groups is 1. The van der Waals surface area contributed by atoms with Crippen LogP contribution in [-0.2, 0) is 4.74 Å². The van der Waals surface area contributed by atoms with E-state index in [9.17, 15) is 22.4 Å². The number of amides is 1. The highest BCUT2D eigenvalue weighted by molar-refractivity contribution is 5.84. The summed E-state index contributed by atoms with van der Waals surface area (Å²) in [6.07, 6.45) is -8.76. The Morgan fingerprint density at radius 1 is 1.29 bits per heavy atom. The molecule has 0 saturated carbocycles. The van der Waals surface area contributed by atoms with Crippen LogP contribution < -0.4 is 5.32 Å². The van der Waals surface area contributed by atoms with Gasteiger partial charge in [-0.05, 0) is 32.9 Å². The molecule has 1 rings (SSSR count). The van der Waals surface area contributed by atoms with E-state index in [1.165, 1.54) is 0 Å². The molecule has 21 heavy (non-hydrogen) atoms. The quantitative estimate of drug-likeness (QED) is 0.818. The Labute approximate surface area is 118 Å². The zero-order chi connectivity index (χ0) is 16.4. The summed E-state index contributed by atoms with van der Waals surface area (Å²) in [5.74, 6) is -1.28. The summed E-state index contributed by atoms with van der Waals surface area (Å²) in [4.78, 5) is 11.4. The lowest BCUT2D eigenvalue weighted by molar-refractivity contribution is -0.207. The van der Waals surface area contributed by atoms with Gasteiger partial charge in [0.2, 0.25) is 0 Å². The first-order valence-corrected chi connectivity index (χ1v) is 5.94. The summed E-state index contributed by atoms with van der Waals surface area (Å²) >= 11 is 0. The van der Waals surface area contributed by atoms with Crippen molar-refractivity contribution in [1.29, 1.82) is 0 Å². The van der Waals surface area contributed by atoms with Crippen LogP contribution in [0.2, 0.25) is 0 Å². The maximum absolute atomic E-state index is 13.6. The first-order valence-electron chi connectivity index (χ1n) is 5.94. The van der Waals surface area contributed by atoms with Crippen LogP contribution in [0.25, 0.3) is 0 Å². The monoisotopic (exact) mass is 309 g/mol. The second-order valence-electron chi connectivity index (χ2n) is 5.31. The lowest BCUT2D eigenvalue weighted by Gasteiger charge is -2.20. The van der Waals surface area contributed by atoms with Gasteiger partial charge in [-0.1, -0.05) is 6.07 Å². The third-order valence-corrected chi connectivity index (χ3v) is 2.25. The summed E-state index contributed by atoms with van der Waals surface area (Å²) in [5, 5.41) is 11.2. The van der Waals surface area contributed by atoms with Crippen molar-refractivity contribution in [2.45, 2.75) is 38.7 Å². The average Bonchev–Trinajstić information content (AvgIpc) is 2.24. The van der Waals surface area contributed by atoms with E-state index in [2.05, 4.69) is 5.32 Å². The molecule has 0 bridgehead atoms. The van der Waals surface area contributed by atoms with Crippen molar-refractivity contribution < 1.29 is 32.2 Å². The number of aliphatic hydroxyl groups excluding tert-OH is 1. The molecule has 1 atom stereocenters. The number of hydrogen-bond acceptors (Lipinski definition) is 3. The zero-order valence-electron chi connectivity index (χ0n) is 11.6. The van der Waals surface area contributed by atoms with E-state index >= 15 is 0 Å². The van der Waals surface area contributed by atoms with E-state index in [0.29, 0.717) is 6.07 Å². The van der Waals surface area contributed by atoms with E-state index in [-0.39, 0.29) is 5.69 Å². The molecule has 0 spiro atoms. The predicted molar refractivity (Wildman–Crippen MR) is 67.3 cm³/mol. The molecule has 0 unspecified atom stereocenters. The van der Waals surface area contributed by atoms with Crippen LogP contribution in [-0.4, -0.2) is 23.0 Å². The molecule has 0 fully saturated rings. The summed E-state index contributed by atoms with van der Waals surface area (Å²) < 4.78 is 55.4. The van der Waals surface area contributed by atoms with Gasteiger partial charge in [-0.25, -0.2) is 9.18 Å². The van der Waals surface area contributed by atoms with E-state index in [4.69, 9.17) is 9.84 Å². The molecule has 0 heterocycles. The van der Waals surface area contributed by atoms with Crippen molar-refractivity contribution in [2.24, 2.45) is 0 Å². The minimum atomic E-state index is -4.97. The van der Waals surface area contributed by atoms with Crippen molar-refractivity contribution in [2.75, 3.05) is 5.32 Å². The predicted octanol–water partition coefficient (Wildman–Crippen LogP) is 3.77. The van der Waals surface area contributed by atoms with Crippen LogP contribution in [0.4, 0.5) is 28.0 Å². The van der Waals surface area contributed by atoms with Gasteiger partial charge in [0.1, 0.15) is 11.4 Å². The number of nitrogens with one attached hydrogen (secondary N) is 1. The Hall–Kier alpha value is -1.83. The zero-order valence-corrected chi connectivity index (χ0v) is 11.6. The summed E-state index contributed by atoms with van der Waals surface area (Å²) in [6.45, 7) is 4.86. The summed E-state index contributed by atoms with van der Waals surface area (Å²) in [6, 6.07) is 2.46. The fraction of sp³-hybridized carbons (Fsp3) is 0.462. The van der Waals surface area contributed by atoms with Crippen LogP contribution >= 0.6 is 0 Å². The Morgan fingerprint density at radius 2 is 1.86 bits per heavy atom. The first-order chi connectivity index (χ1) is 9.40. The van der Waals surface area contributed by atoms with Gasteiger partial charge in [-0.2, -0.15) is 13.2 Å². The fourth-order valence-electron chi connectivity index (χ4n) is 1.42. The van der Waals surface area contributed by atoms with Gasteiger partial charge in [0, 0.05) is 11.3 Å². The highest BCUT2D eigenvalue weighted by Crippen LogP contribution is 2.34. The number of carbonyl (C=O) groups is 1. The van der Waals surface area contributed by atoms with Crippen LogP contribution in [0.3, 0.4) is 0 Å². The molecule has 118 valence electrons. The van der Waals surface area contributed by atoms with Crippen molar-refractivity contribution in [1.82, 2.24) is 0 Å². The maximum atomic E-state index is 13.6. The van der Waals surface area contributed by atoms with Gasteiger partial charge < -0.3 is 9.84 Å². The number of benzene rings is 1. The molecule has 1 aromatic rings. The third kappa shape index (κ3) is 5.22. The van der Waals surface area contributed by atoms with Crippen LogP contribution in [0.15, 0.2) is 18.2 Å². The van der Waals surface area contributed by atoms with E-state index < -0.39 is 35.4 Å². The molecule has 1 aromatic carbocycles. The van der Waals surface area contributed by atoms with Crippen molar-refractivity contribution >= 4 is 11.8 Å². The maximum Gasteiger partial charge on any atom is 0.418 e. The van der Waals surface area contributed by atoms with Gasteiger partial charge in [-0.15, -0.1) is 0 Å². The highest BCUT2D eigenvalue weighted by atomic mass is 19.4. The van der Waals surface area contributed by atoms with Gasteiger partial charge in [0.05, 0.1) is 0 Å². The van der Waals surface area contributed by atoms with Crippen LogP contribution in [0.5, 0.6) is 0 Å². The molecule has 0 saturated heterocycles. The molecular formula is C13H15F4NO3. The molecule has 0 aliphatic carbocycles. The number of rotatable bonds is 2. The van der Waals surface area contributed by atoms with Crippen molar-refractivity contribution in [3.05, 3.63) is 29.6 Å². The minimum Gasteiger partial charge on any atom is -0.444 e. The molecule has 0 radical (unpaired) electrons. The lowest BCUT2D eigenvalue weighted by Crippen LogP contribution is -2.27.